The van der Waals surface area contributed by atoms with E-state index in [0.29, 0.717) is 23.7 Å². The van der Waals surface area contributed by atoms with Crippen LogP contribution in [-0.2, 0) is 20.8 Å². The maximum absolute atomic E-state index is 12.6. The lowest BCUT2D eigenvalue weighted by Gasteiger charge is -2.36. The molecule has 0 aliphatic carbocycles. The van der Waals surface area contributed by atoms with Gasteiger partial charge in [0, 0.05) is 50.3 Å². The lowest BCUT2D eigenvalue weighted by atomic mass is 9.97. The van der Waals surface area contributed by atoms with Gasteiger partial charge in [-0.25, -0.2) is 0 Å². The van der Waals surface area contributed by atoms with E-state index in [1.807, 2.05) is 24.3 Å². The number of carbonyl (C=O) groups is 3. The lowest BCUT2D eigenvalue weighted by Crippen LogP contribution is -2.46. The number of anilines is 3. The number of carbonyl (C=O) groups excluding carboxylic acids is 2. The number of carboxylic acids is 1. The fourth-order valence-electron chi connectivity index (χ4n) is 5.15. The number of aliphatic carboxylic acids is 1. The first-order valence-electron chi connectivity index (χ1n) is 14.2. The molecule has 0 saturated carbocycles. The van der Waals surface area contributed by atoms with Crippen molar-refractivity contribution in [1.82, 2.24) is 4.90 Å². The van der Waals surface area contributed by atoms with Crippen molar-refractivity contribution >= 4 is 58.0 Å². The minimum atomic E-state index is -0.927. The molecule has 2 heterocycles. The van der Waals surface area contributed by atoms with Gasteiger partial charge in [-0.15, -0.1) is 0 Å². The summed E-state index contributed by atoms with van der Waals surface area (Å²) < 4.78 is 5.91. The summed E-state index contributed by atoms with van der Waals surface area (Å²) in [6, 6.07) is 9.52. The molecule has 4 rings (SSSR count). The molecule has 2 aromatic carbocycles. The van der Waals surface area contributed by atoms with Gasteiger partial charge in [0.15, 0.2) is 0 Å². The van der Waals surface area contributed by atoms with Gasteiger partial charge < -0.3 is 25.4 Å². The van der Waals surface area contributed by atoms with Gasteiger partial charge in [0.05, 0.1) is 33.9 Å². The standard InChI is InChI=1S/C30H38Cl2N4O5/c1-19(17-20(2)30(39)40)29(38)34-23-8-9-25(28(32)27(23)31)36-14-12-35(13-15-36)11-3-4-16-41-22-7-5-21-6-10-26(37)33-24(21)18-22/h5,7-9,18-20H,3-4,6,10-17H2,1-2H3,(H,33,37)(H,34,38)(H,39,40). The second-order valence-corrected chi connectivity index (χ2v) is 11.6. The number of halogens is 2. The molecule has 2 aromatic rings. The maximum atomic E-state index is 12.6. The molecule has 41 heavy (non-hydrogen) atoms. The number of hydrogen-bond donors (Lipinski definition) is 3. The van der Waals surface area contributed by atoms with Crippen LogP contribution in [0.1, 0.15) is 45.1 Å². The van der Waals surface area contributed by atoms with E-state index in [1.165, 1.54) is 0 Å². The van der Waals surface area contributed by atoms with E-state index in [1.54, 1.807) is 19.9 Å². The third kappa shape index (κ3) is 8.27. The van der Waals surface area contributed by atoms with Crippen molar-refractivity contribution in [3.05, 3.63) is 45.9 Å². The summed E-state index contributed by atoms with van der Waals surface area (Å²) in [6.45, 7) is 8.30. The molecule has 0 aromatic heterocycles. The van der Waals surface area contributed by atoms with E-state index in [9.17, 15) is 14.4 Å². The monoisotopic (exact) mass is 604 g/mol. The average Bonchev–Trinajstić information content (AvgIpc) is 2.95. The number of rotatable bonds is 12. The molecule has 0 spiro atoms. The molecule has 11 heteroatoms. The normalized spacial score (nSPS) is 16.9. The zero-order chi connectivity index (χ0) is 29.5. The Labute approximate surface area is 251 Å². The van der Waals surface area contributed by atoms with Crippen molar-refractivity contribution < 1.29 is 24.2 Å². The fraction of sp³-hybridized carbons (Fsp3) is 0.500. The predicted molar refractivity (Wildman–Crippen MR) is 162 cm³/mol. The van der Waals surface area contributed by atoms with Gasteiger partial charge in [-0.05, 0) is 56.0 Å². The van der Waals surface area contributed by atoms with E-state index in [0.717, 1.165) is 74.7 Å². The van der Waals surface area contributed by atoms with Crippen molar-refractivity contribution in [3.8, 4) is 5.75 Å². The van der Waals surface area contributed by atoms with Crippen LogP contribution < -0.4 is 20.3 Å². The first-order valence-corrected chi connectivity index (χ1v) is 14.9. The third-order valence-corrected chi connectivity index (χ3v) is 8.60. The summed E-state index contributed by atoms with van der Waals surface area (Å²) in [4.78, 5) is 39.9. The highest BCUT2D eigenvalue weighted by molar-refractivity contribution is 6.45. The molecule has 1 saturated heterocycles. The molecule has 1 fully saturated rings. The summed E-state index contributed by atoms with van der Waals surface area (Å²) in [7, 11) is 0. The van der Waals surface area contributed by atoms with Crippen LogP contribution in [0.3, 0.4) is 0 Å². The van der Waals surface area contributed by atoms with Crippen LogP contribution >= 0.6 is 23.2 Å². The highest BCUT2D eigenvalue weighted by Crippen LogP contribution is 2.38. The number of unbranched alkanes of at least 4 members (excludes halogenated alkanes) is 1. The van der Waals surface area contributed by atoms with E-state index in [2.05, 4.69) is 20.4 Å². The number of hydrogen-bond acceptors (Lipinski definition) is 6. The Morgan fingerprint density at radius 2 is 1.78 bits per heavy atom. The number of piperazine rings is 1. The number of benzene rings is 2. The minimum absolute atomic E-state index is 0.0525. The Bertz CT molecular complexity index is 1270. The fourth-order valence-corrected chi connectivity index (χ4v) is 5.65. The van der Waals surface area contributed by atoms with Gasteiger partial charge in [-0.1, -0.05) is 43.1 Å². The van der Waals surface area contributed by atoms with E-state index in [4.69, 9.17) is 33.0 Å². The molecular formula is C30H38Cl2N4O5. The van der Waals surface area contributed by atoms with Crippen molar-refractivity contribution in [1.29, 1.82) is 0 Å². The van der Waals surface area contributed by atoms with Crippen molar-refractivity contribution in [2.45, 2.75) is 46.0 Å². The van der Waals surface area contributed by atoms with E-state index in [-0.39, 0.29) is 23.3 Å². The van der Waals surface area contributed by atoms with E-state index >= 15 is 0 Å². The molecule has 222 valence electrons. The first kappa shape index (κ1) is 30.9. The summed E-state index contributed by atoms with van der Waals surface area (Å²) >= 11 is 13.1. The number of nitrogens with zero attached hydrogens (tertiary/aromatic N) is 2. The van der Waals surface area contributed by atoms with Crippen LogP contribution in [-0.4, -0.2) is 67.1 Å². The Kier molecular flexibility index (Phi) is 10.8. The minimum Gasteiger partial charge on any atom is -0.494 e. The Balaban J connectivity index is 1.19. The van der Waals surface area contributed by atoms with Crippen LogP contribution in [0.25, 0.3) is 0 Å². The zero-order valence-corrected chi connectivity index (χ0v) is 25.1. The molecule has 0 radical (unpaired) electrons. The number of amides is 2. The average molecular weight is 606 g/mol. The maximum Gasteiger partial charge on any atom is 0.306 e. The van der Waals surface area contributed by atoms with Crippen molar-refractivity contribution in [3.63, 3.8) is 0 Å². The van der Waals surface area contributed by atoms with Crippen LogP contribution in [0, 0.1) is 11.8 Å². The number of aryl methyl sites for hydroxylation is 1. The zero-order valence-electron chi connectivity index (χ0n) is 23.6. The number of nitrogens with one attached hydrogen (secondary N) is 2. The van der Waals surface area contributed by atoms with Crippen molar-refractivity contribution in [2.24, 2.45) is 11.8 Å². The van der Waals surface area contributed by atoms with Gasteiger partial charge in [0.2, 0.25) is 11.8 Å². The summed E-state index contributed by atoms with van der Waals surface area (Å²) in [6.07, 6.45) is 3.50. The topological polar surface area (TPSA) is 111 Å². The van der Waals surface area contributed by atoms with Crippen LogP contribution in [0.15, 0.2) is 30.3 Å². The van der Waals surface area contributed by atoms with E-state index < -0.39 is 17.8 Å². The number of carboxylic acid groups (broad SMARTS) is 1. The summed E-state index contributed by atoms with van der Waals surface area (Å²) in [5.74, 6) is -1.49. The van der Waals surface area contributed by atoms with Crippen LogP contribution in [0.2, 0.25) is 10.0 Å². The Hall–Kier alpha value is -3.01. The quantitative estimate of drug-likeness (QED) is 0.272. The summed E-state index contributed by atoms with van der Waals surface area (Å²) in [5, 5.41) is 15.5. The predicted octanol–water partition coefficient (Wildman–Crippen LogP) is 5.54. The highest BCUT2D eigenvalue weighted by atomic mass is 35.5. The van der Waals surface area contributed by atoms with Crippen LogP contribution in [0.4, 0.5) is 17.1 Å². The second-order valence-electron chi connectivity index (χ2n) is 10.9. The highest BCUT2D eigenvalue weighted by Gasteiger charge is 2.24. The molecule has 2 unspecified atom stereocenters. The van der Waals surface area contributed by atoms with Crippen LogP contribution in [0.5, 0.6) is 5.75 Å². The molecule has 0 bridgehead atoms. The van der Waals surface area contributed by atoms with Gasteiger partial charge in [-0.2, -0.15) is 0 Å². The molecular weight excluding hydrogens is 567 g/mol. The van der Waals surface area contributed by atoms with Crippen molar-refractivity contribution in [2.75, 3.05) is 54.9 Å². The number of fused-ring (bicyclic) bond motifs is 1. The first-order chi connectivity index (χ1) is 19.6. The Morgan fingerprint density at radius 1 is 1.02 bits per heavy atom. The van der Waals surface area contributed by atoms with Gasteiger partial charge in [-0.3, -0.25) is 19.3 Å². The molecule has 2 atom stereocenters. The number of ether oxygens (including phenoxy) is 1. The molecule has 2 aliphatic rings. The SMILES string of the molecule is CC(CC(C)C(=O)Nc1ccc(N2CCN(CCCCOc3ccc4c(c3)NC(=O)CC4)CC2)c(Cl)c1Cl)C(=O)O. The molecule has 9 nitrogen and oxygen atoms in total. The van der Waals surface area contributed by atoms with Gasteiger partial charge in [0.25, 0.3) is 0 Å². The lowest BCUT2D eigenvalue weighted by molar-refractivity contribution is -0.141. The second kappa shape index (κ2) is 14.2. The molecule has 2 aliphatic heterocycles. The largest absolute Gasteiger partial charge is 0.494 e. The molecule has 3 N–H and O–H groups in total. The smallest absolute Gasteiger partial charge is 0.306 e. The third-order valence-electron chi connectivity index (χ3n) is 7.72. The van der Waals surface area contributed by atoms with Gasteiger partial charge >= 0.3 is 5.97 Å². The Morgan fingerprint density at radius 3 is 2.51 bits per heavy atom. The van der Waals surface area contributed by atoms with Gasteiger partial charge in [0.1, 0.15) is 5.75 Å². The molecule has 2 amide bonds. The summed E-state index contributed by atoms with van der Waals surface area (Å²) in [5.41, 5.74) is 3.25.